The van der Waals surface area contributed by atoms with E-state index in [1.165, 1.54) is 0 Å². The highest BCUT2D eigenvalue weighted by Gasteiger charge is 2.01. The highest BCUT2D eigenvalue weighted by atomic mass is 16.1. The predicted molar refractivity (Wildman–Crippen MR) is 51.1 cm³/mol. The van der Waals surface area contributed by atoms with E-state index in [4.69, 9.17) is 7.85 Å². The van der Waals surface area contributed by atoms with E-state index >= 15 is 0 Å². The molecule has 0 spiro atoms. The van der Waals surface area contributed by atoms with E-state index in [1.807, 2.05) is 19.2 Å². The average molecular weight is 159 g/mol. The summed E-state index contributed by atoms with van der Waals surface area (Å²) in [5.74, 6) is 0. The molecule has 0 aromatic heterocycles. The first-order valence-electron chi connectivity index (χ1n) is 3.78. The fraction of sp³-hybridized carbons (Fsp3) is 0.222. The van der Waals surface area contributed by atoms with Gasteiger partial charge in [-0.05, 0) is 11.6 Å². The van der Waals surface area contributed by atoms with Gasteiger partial charge in [0.15, 0.2) is 0 Å². The molecule has 0 bridgehead atoms. The van der Waals surface area contributed by atoms with E-state index in [0.29, 0.717) is 11.9 Å². The molecule has 0 heterocycles. The Morgan fingerprint density at radius 3 is 2.92 bits per heavy atom. The minimum atomic E-state index is 0.364. The summed E-state index contributed by atoms with van der Waals surface area (Å²) in [5, 5.41) is 2.98. The zero-order chi connectivity index (χ0) is 8.97. The van der Waals surface area contributed by atoms with Crippen molar-refractivity contribution in [2.75, 3.05) is 12.4 Å². The van der Waals surface area contributed by atoms with Gasteiger partial charge in [0.2, 0.25) is 0 Å². The summed E-state index contributed by atoms with van der Waals surface area (Å²) in [6.45, 7) is 0. The molecule has 1 aromatic carbocycles. The van der Waals surface area contributed by atoms with Crippen molar-refractivity contribution in [2.45, 2.75) is 6.42 Å². The van der Waals surface area contributed by atoms with E-state index in [9.17, 15) is 4.79 Å². The number of nitrogens with one attached hydrogen (secondary N) is 1. The van der Waals surface area contributed by atoms with Gasteiger partial charge in [0.1, 0.15) is 14.1 Å². The van der Waals surface area contributed by atoms with Gasteiger partial charge < -0.3 is 10.1 Å². The Morgan fingerprint density at radius 2 is 2.33 bits per heavy atom. The number of carbonyl (C=O) groups is 1. The Bertz CT molecular complexity index is 286. The van der Waals surface area contributed by atoms with Crippen molar-refractivity contribution in [2.24, 2.45) is 0 Å². The van der Waals surface area contributed by atoms with E-state index in [-0.39, 0.29) is 0 Å². The molecule has 0 aliphatic heterocycles. The van der Waals surface area contributed by atoms with Crippen LogP contribution in [-0.4, -0.2) is 21.2 Å². The van der Waals surface area contributed by atoms with Gasteiger partial charge in [-0.15, -0.1) is 0 Å². The summed E-state index contributed by atoms with van der Waals surface area (Å²) in [6, 6.07) is 5.55. The summed E-state index contributed by atoms with van der Waals surface area (Å²) in [5.41, 5.74) is 2.45. The number of hydrogen-bond donors (Lipinski definition) is 1. The third-order valence-electron chi connectivity index (χ3n) is 1.77. The minimum Gasteiger partial charge on any atom is -0.388 e. The van der Waals surface area contributed by atoms with Crippen molar-refractivity contribution in [1.29, 1.82) is 0 Å². The molecule has 2 nitrogen and oxygen atoms in total. The third-order valence-corrected chi connectivity index (χ3v) is 1.77. The molecule has 1 aromatic rings. The van der Waals surface area contributed by atoms with E-state index in [0.717, 1.165) is 17.5 Å². The summed E-state index contributed by atoms with van der Waals surface area (Å²) in [4.78, 5) is 10.3. The number of anilines is 1. The summed E-state index contributed by atoms with van der Waals surface area (Å²) < 4.78 is 0. The SMILES string of the molecule is [B]c1cccc(NC)c1CC=O. The molecule has 1 rings (SSSR count). The highest BCUT2D eigenvalue weighted by Crippen LogP contribution is 2.11. The molecule has 12 heavy (non-hydrogen) atoms. The normalized spacial score (nSPS) is 9.42. The second-order valence-corrected chi connectivity index (χ2v) is 2.49. The molecule has 0 saturated heterocycles. The Morgan fingerprint density at radius 1 is 1.58 bits per heavy atom. The first-order valence-corrected chi connectivity index (χ1v) is 3.78. The van der Waals surface area contributed by atoms with Crippen molar-refractivity contribution in [1.82, 2.24) is 0 Å². The number of aldehydes is 1. The molecule has 0 fully saturated rings. The minimum absolute atomic E-state index is 0.364. The van der Waals surface area contributed by atoms with Crippen LogP contribution in [-0.2, 0) is 11.2 Å². The molecule has 3 heteroatoms. The van der Waals surface area contributed by atoms with Crippen LogP contribution in [0.4, 0.5) is 5.69 Å². The van der Waals surface area contributed by atoms with Crippen LogP contribution in [0.2, 0.25) is 0 Å². The fourth-order valence-electron chi connectivity index (χ4n) is 1.15. The number of benzene rings is 1. The Labute approximate surface area is 73.4 Å². The number of carbonyl (C=O) groups excluding carboxylic acids is 1. The standard InChI is InChI=1S/C9H10BNO/c1-11-9-4-2-3-8(10)7(9)5-6-12/h2-4,6,11H,5H2,1H3. The van der Waals surface area contributed by atoms with Gasteiger partial charge in [0.05, 0.1) is 0 Å². The predicted octanol–water partition coefficient (Wildman–Crippen LogP) is 0.263. The lowest BCUT2D eigenvalue weighted by molar-refractivity contribution is -0.107. The molecule has 2 radical (unpaired) electrons. The van der Waals surface area contributed by atoms with E-state index < -0.39 is 0 Å². The fourth-order valence-corrected chi connectivity index (χ4v) is 1.15. The van der Waals surface area contributed by atoms with Crippen LogP contribution in [0.3, 0.4) is 0 Å². The first kappa shape index (κ1) is 8.85. The lowest BCUT2D eigenvalue weighted by Crippen LogP contribution is -2.13. The van der Waals surface area contributed by atoms with E-state index in [1.54, 1.807) is 6.07 Å². The van der Waals surface area contributed by atoms with Gasteiger partial charge in [-0.1, -0.05) is 17.6 Å². The molecule has 1 N–H and O–H groups in total. The number of rotatable bonds is 3. The van der Waals surface area contributed by atoms with Crippen LogP contribution in [0, 0.1) is 0 Å². The second-order valence-electron chi connectivity index (χ2n) is 2.49. The zero-order valence-corrected chi connectivity index (χ0v) is 7.00. The second kappa shape index (κ2) is 3.95. The zero-order valence-electron chi connectivity index (χ0n) is 7.00. The largest absolute Gasteiger partial charge is 0.388 e. The van der Waals surface area contributed by atoms with Crippen LogP contribution >= 0.6 is 0 Å². The van der Waals surface area contributed by atoms with Crippen molar-refractivity contribution < 1.29 is 4.79 Å². The van der Waals surface area contributed by atoms with Crippen LogP contribution < -0.4 is 10.8 Å². The molecule has 0 unspecified atom stereocenters. The Balaban J connectivity index is 3.10. The van der Waals surface area contributed by atoms with Crippen LogP contribution in [0.15, 0.2) is 18.2 Å². The van der Waals surface area contributed by atoms with Crippen molar-refractivity contribution >= 4 is 25.3 Å². The summed E-state index contributed by atoms with van der Waals surface area (Å²) in [7, 11) is 7.49. The average Bonchev–Trinajstić information content (AvgIpc) is 2.09. The highest BCUT2D eigenvalue weighted by molar-refractivity contribution is 6.34. The van der Waals surface area contributed by atoms with Crippen molar-refractivity contribution in [3.8, 4) is 0 Å². The maximum Gasteiger partial charge on any atom is 0.124 e. The number of hydrogen-bond acceptors (Lipinski definition) is 2. The van der Waals surface area contributed by atoms with Gasteiger partial charge in [-0.2, -0.15) is 0 Å². The molecule has 0 saturated carbocycles. The van der Waals surface area contributed by atoms with Crippen molar-refractivity contribution in [3.63, 3.8) is 0 Å². The van der Waals surface area contributed by atoms with Crippen LogP contribution in [0.1, 0.15) is 5.56 Å². The lowest BCUT2D eigenvalue weighted by atomic mass is 9.88. The third kappa shape index (κ3) is 1.67. The molecular formula is C9H10BNO. The Hall–Kier alpha value is -1.25. The van der Waals surface area contributed by atoms with Gasteiger partial charge in [-0.3, -0.25) is 0 Å². The van der Waals surface area contributed by atoms with E-state index in [2.05, 4.69) is 5.32 Å². The molecule has 0 amide bonds. The van der Waals surface area contributed by atoms with Crippen molar-refractivity contribution in [3.05, 3.63) is 23.8 Å². The first-order chi connectivity index (χ1) is 5.79. The smallest absolute Gasteiger partial charge is 0.124 e. The van der Waals surface area contributed by atoms with Gasteiger partial charge in [0.25, 0.3) is 0 Å². The molecule has 0 atom stereocenters. The molecule has 0 aliphatic rings. The molecule has 60 valence electrons. The molecule has 0 aliphatic carbocycles. The quantitative estimate of drug-likeness (QED) is 0.506. The van der Waals surface area contributed by atoms with Gasteiger partial charge >= 0.3 is 0 Å². The van der Waals surface area contributed by atoms with Crippen LogP contribution in [0.25, 0.3) is 0 Å². The van der Waals surface area contributed by atoms with Gasteiger partial charge in [0, 0.05) is 19.2 Å². The molecular weight excluding hydrogens is 149 g/mol. The lowest BCUT2D eigenvalue weighted by Gasteiger charge is -2.09. The summed E-state index contributed by atoms with van der Waals surface area (Å²) >= 11 is 0. The maximum absolute atomic E-state index is 10.3. The van der Waals surface area contributed by atoms with Crippen LogP contribution in [0.5, 0.6) is 0 Å². The topological polar surface area (TPSA) is 29.1 Å². The monoisotopic (exact) mass is 159 g/mol. The maximum atomic E-state index is 10.3. The Kier molecular flexibility index (Phi) is 2.91. The van der Waals surface area contributed by atoms with Gasteiger partial charge in [-0.25, -0.2) is 0 Å². The summed E-state index contributed by atoms with van der Waals surface area (Å²) in [6.07, 6.45) is 1.22.